The fraction of sp³-hybridized carbons (Fsp3) is 0.316. The molecule has 0 radical (unpaired) electrons. The molecule has 144 valence electrons. The number of hydrogen-bond acceptors (Lipinski definition) is 6. The molecule has 2 rings (SSSR count). The number of unbranched alkanes of at least 4 members (excludes halogenated alkanes) is 1. The number of sulfonamides is 1. The van der Waals surface area contributed by atoms with Crippen LogP contribution in [0.3, 0.4) is 0 Å². The largest absolute Gasteiger partial charge is 0.378 e. The topological polar surface area (TPSA) is 86.5 Å². The summed E-state index contributed by atoms with van der Waals surface area (Å²) in [6.45, 7) is 0.374. The van der Waals surface area contributed by atoms with Crippen molar-refractivity contribution in [2.24, 2.45) is 15.2 Å². The summed E-state index contributed by atoms with van der Waals surface area (Å²) in [6, 6.07) is 14.0. The zero-order chi connectivity index (χ0) is 19.7. The number of benzene rings is 2. The van der Waals surface area contributed by atoms with Crippen molar-refractivity contribution >= 4 is 33.3 Å². The van der Waals surface area contributed by atoms with E-state index in [4.69, 9.17) is 0 Å². The fourth-order valence-electron chi connectivity index (χ4n) is 2.24. The molecule has 0 saturated carbocycles. The Morgan fingerprint density at radius 3 is 2.04 bits per heavy atom. The molecule has 0 aliphatic rings. The van der Waals surface area contributed by atoms with E-state index in [-0.39, 0.29) is 4.90 Å². The highest BCUT2D eigenvalue weighted by Crippen LogP contribution is 2.22. The monoisotopic (exact) mass is 387 g/mol. The summed E-state index contributed by atoms with van der Waals surface area (Å²) in [5, 5.41) is 8.33. The van der Waals surface area contributed by atoms with Gasteiger partial charge < -0.3 is 9.89 Å². The number of azo groups is 1. The highest BCUT2D eigenvalue weighted by Gasteiger charge is 2.12. The smallest absolute Gasteiger partial charge is 0.240 e. The summed E-state index contributed by atoms with van der Waals surface area (Å²) in [6.07, 6.45) is 3.21. The SMILES string of the molecule is CN=CCCCNS(=O)(=O)c1ccc(N=Nc2ccc(N(C)C)cc2)cc1. The molecule has 0 saturated heterocycles. The maximum Gasteiger partial charge on any atom is 0.240 e. The van der Waals surface area contributed by atoms with Crippen LogP contribution < -0.4 is 9.62 Å². The molecule has 0 fully saturated rings. The number of nitrogens with one attached hydrogen (secondary N) is 1. The number of hydrogen-bond donors (Lipinski definition) is 1. The second kappa shape index (κ2) is 9.94. The van der Waals surface area contributed by atoms with Crippen LogP contribution in [-0.2, 0) is 10.0 Å². The fourth-order valence-corrected chi connectivity index (χ4v) is 3.31. The van der Waals surface area contributed by atoms with Gasteiger partial charge in [0.15, 0.2) is 0 Å². The van der Waals surface area contributed by atoms with Crippen molar-refractivity contribution in [3.63, 3.8) is 0 Å². The lowest BCUT2D eigenvalue weighted by atomic mass is 10.3. The second-order valence-electron chi connectivity index (χ2n) is 6.09. The number of aliphatic imine (C=N–C) groups is 1. The first kappa shape index (κ1) is 20.7. The van der Waals surface area contributed by atoms with Crippen LogP contribution in [0.4, 0.5) is 17.1 Å². The molecular weight excluding hydrogens is 362 g/mol. The molecule has 0 aromatic heterocycles. The first-order valence-electron chi connectivity index (χ1n) is 8.62. The molecule has 0 aliphatic carbocycles. The van der Waals surface area contributed by atoms with Gasteiger partial charge in [-0.05, 0) is 67.6 Å². The minimum atomic E-state index is -3.52. The molecule has 7 nitrogen and oxygen atoms in total. The number of rotatable bonds is 9. The van der Waals surface area contributed by atoms with Gasteiger partial charge in [-0.3, -0.25) is 0 Å². The molecule has 0 aliphatic heterocycles. The van der Waals surface area contributed by atoms with Gasteiger partial charge in [0.1, 0.15) is 0 Å². The summed E-state index contributed by atoms with van der Waals surface area (Å²) in [7, 11) is 2.13. The Morgan fingerprint density at radius 1 is 0.963 bits per heavy atom. The third-order valence-corrected chi connectivity index (χ3v) is 5.26. The number of nitrogens with zero attached hydrogens (tertiary/aromatic N) is 4. The lowest BCUT2D eigenvalue weighted by Crippen LogP contribution is -2.24. The minimum absolute atomic E-state index is 0.209. The maximum atomic E-state index is 12.2. The van der Waals surface area contributed by atoms with Crippen LogP contribution in [0.15, 0.2) is 68.6 Å². The van der Waals surface area contributed by atoms with Gasteiger partial charge in [-0.15, -0.1) is 0 Å². The lowest BCUT2D eigenvalue weighted by Gasteiger charge is -2.11. The summed E-state index contributed by atoms with van der Waals surface area (Å²) >= 11 is 0. The van der Waals surface area contributed by atoms with Crippen LogP contribution in [0, 0.1) is 0 Å². The molecule has 8 heteroatoms. The zero-order valence-electron chi connectivity index (χ0n) is 15.8. The average Bonchev–Trinajstić information content (AvgIpc) is 2.67. The highest BCUT2D eigenvalue weighted by molar-refractivity contribution is 7.89. The molecule has 1 N–H and O–H groups in total. The van der Waals surface area contributed by atoms with Crippen LogP contribution in [0.25, 0.3) is 0 Å². The molecular formula is C19H25N5O2S. The van der Waals surface area contributed by atoms with E-state index in [9.17, 15) is 8.42 Å². The van der Waals surface area contributed by atoms with E-state index in [0.29, 0.717) is 18.7 Å². The molecule has 0 amide bonds. The molecule has 0 atom stereocenters. The van der Waals surface area contributed by atoms with Crippen molar-refractivity contribution in [1.29, 1.82) is 0 Å². The van der Waals surface area contributed by atoms with E-state index >= 15 is 0 Å². The standard InChI is InChI=1S/C19H25N5O2S/c1-20-14-4-5-15-21-27(25,26)19-12-8-17(9-13-19)23-22-16-6-10-18(11-7-16)24(2)3/h6-14,21H,4-5,15H2,1-3H3. The van der Waals surface area contributed by atoms with Gasteiger partial charge in [0.05, 0.1) is 16.3 Å². The van der Waals surface area contributed by atoms with Crippen molar-refractivity contribution < 1.29 is 8.42 Å². The summed E-state index contributed by atoms with van der Waals surface area (Å²) in [4.78, 5) is 6.08. The van der Waals surface area contributed by atoms with Gasteiger partial charge in [-0.25, -0.2) is 13.1 Å². The first-order chi connectivity index (χ1) is 12.9. The number of anilines is 1. The van der Waals surface area contributed by atoms with Gasteiger partial charge >= 0.3 is 0 Å². The Hall–Kier alpha value is -2.58. The molecule has 27 heavy (non-hydrogen) atoms. The molecule has 0 unspecified atom stereocenters. The third-order valence-electron chi connectivity index (χ3n) is 3.78. The minimum Gasteiger partial charge on any atom is -0.378 e. The lowest BCUT2D eigenvalue weighted by molar-refractivity contribution is 0.580. The Balaban J connectivity index is 1.97. The van der Waals surface area contributed by atoms with Gasteiger partial charge in [0.2, 0.25) is 10.0 Å². The van der Waals surface area contributed by atoms with E-state index in [1.54, 1.807) is 25.4 Å². The quantitative estimate of drug-likeness (QED) is 0.402. The van der Waals surface area contributed by atoms with Crippen molar-refractivity contribution in [1.82, 2.24) is 4.72 Å². The molecule has 0 bridgehead atoms. The van der Waals surface area contributed by atoms with E-state index in [0.717, 1.165) is 17.8 Å². The first-order valence-corrected chi connectivity index (χ1v) is 10.1. The van der Waals surface area contributed by atoms with Crippen LogP contribution in [-0.4, -0.2) is 42.3 Å². The average molecular weight is 388 g/mol. The normalized spacial score (nSPS) is 12.1. The molecule has 0 heterocycles. The van der Waals surface area contributed by atoms with Crippen LogP contribution in [0.2, 0.25) is 0 Å². The van der Waals surface area contributed by atoms with Gasteiger partial charge in [-0.1, -0.05) is 0 Å². The second-order valence-corrected chi connectivity index (χ2v) is 7.85. The summed E-state index contributed by atoms with van der Waals surface area (Å²) < 4.78 is 27.1. The Morgan fingerprint density at radius 2 is 1.52 bits per heavy atom. The van der Waals surface area contributed by atoms with Gasteiger partial charge in [-0.2, -0.15) is 10.2 Å². The third kappa shape index (κ3) is 6.58. The van der Waals surface area contributed by atoms with Crippen molar-refractivity contribution in [2.45, 2.75) is 17.7 Å². The highest BCUT2D eigenvalue weighted by atomic mass is 32.2. The van der Waals surface area contributed by atoms with Crippen LogP contribution >= 0.6 is 0 Å². The molecule has 0 spiro atoms. The van der Waals surface area contributed by atoms with Gasteiger partial charge in [0, 0.05) is 33.4 Å². The molecule has 2 aromatic rings. The van der Waals surface area contributed by atoms with Crippen LogP contribution in [0.1, 0.15) is 12.8 Å². The maximum absolute atomic E-state index is 12.2. The van der Waals surface area contributed by atoms with E-state index < -0.39 is 10.0 Å². The van der Waals surface area contributed by atoms with E-state index in [2.05, 4.69) is 19.9 Å². The van der Waals surface area contributed by atoms with Crippen molar-refractivity contribution in [3.05, 3.63) is 48.5 Å². The van der Waals surface area contributed by atoms with E-state index in [1.807, 2.05) is 43.3 Å². The Labute approximate surface area is 160 Å². The Bertz CT molecular complexity index is 873. The van der Waals surface area contributed by atoms with Crippen LogP contribution in [0.5, 0.6) is 0 Å². The van der Waals surface area contributed by atoms with Crippen molar-refractivity contribution in [3.8, 4) is 0 Å². The molecule has 2 aromatic carbocycles. The predicted molar refractivity (Wildman–Crippen MR) is 110 cm³/mol. The summed E-state index contributed by atoms with van der Waals surface area (Å²) in [5.74, 6) is 0. The Kier molecular flexibility index (Phi) is 7.63. The zero-order valence-corrected chi connectivity index (χ0v) is 16.6. The summed E-state index contributed by atoms with van der Waals surface area (Å²) in [5.41, 5.74) is 2.40. The van der Waals surface area contributed by atoms with E-state index in [1.165, 1.54) is 12.1 Å². The predicted octanol–water partition coefficient (Wildman–Crippen LogP) is 3.93. The van der Waals surface area contributed by atoms with Crippen molar-refractivity contribution in [2.75, 3.05) is 32.6 Å². The van der Waals surface area contributed by atoms with Gasteiger partial charge in [0.25, 0.3) is 0 Å².